The molecule has 0 fully saturated rings. The van der Waals surface area contributed by atoms with Crippen molar-refractivity contribution in [1.29, 1.82) is 0 Å². The van der Waals surface area contributed by atoms with E-state index in [0.717, 1.165) is 23.4 Å². The van der Waals surface area contributed by atoms with Gasteiger partial charge in [0.2, 0.25) is 5.91 Å². The number of hydrogen-bond donors (Lipinski definition) is 1. The van der Waals surface area contributed by atoms with Crippen LogP contribution in [0.4, 0.5) is 0 Å². The van der Waals surface area contributed by atoms with E-state index in [4.69, 9.17) is 4.42 Å². The first-order valence-electron chi connectivity index (χ1n) is 9.09. The molecule has 1 amide bonds. The van der Waals surface area contributed by atoms with Crippen LogP contribution < -0.4 is 5.32 Å². The van der Waals surface area contributed by atoms with Gasteiger partial charge in [0.15, 0.2) is 11.7 Å². The quantitative estimate of drug-likeness (QED) is 0.664. The minimum Gasteiger partial charge on any atom is -0.441 e. The zero-order valence-electron chi connectivity index (χ0n) is 15.8. The highest BCUT2D eigenvalue weighted by molar-refractivity contribution is 5.76. The molecule has 0 aliphatic rings. The molecule has 0 bridgehead atoms. The summed E-state index contributed by atoms with van der Waals surface area (Å²) >= 11 is 0. The summed E-state index contributed by atoms with van der Waals surface area (Å²) in [6, 6.07) is 18.1. The van der Waals surface area contributed by atoms with E-state index in [-0.39, 0.29) is 5.91 Å². The lowest BCUT2D eigenvalue weighted by molar-refractivity contribution is -0.121. The summed E-state index contributed by atoms with van der Waals surface area (Å²) in [6.07, 6.45) is 2.55. The molecule has 0 saturated carbocycles. The number of aryl methyl sites for hydroxylation is 1. The maximum absolute atomic E-state index is 12.1. The van der Waals surface area contributed by atoms with Gasteiger partial charge in [-0.05, 0) is 25.2 Å². The molecule has 0 aliphatic carbocycles. The highest BCUT2D eigenvalue weighted by Crippen LogP contribution is 2.20. The summed E-state index contributed by atoms with van der Waals surface area (Å²) < 4.78 is 5.73. The Hall–Kier alpha value is -2.92. The van der Waals surface area contributed by atoms with Crippen molar-refractivity contribution in [2.75, 3.05) is 14.1 Å². The molecule has 3 aromatic rings. The average molecular weight is 363 g/mol. The molecule has 1 N–H and O–H groups in total. The van der Waals surface area contributed by atoms with Gasteiger partial charge in [-0.25, -0.2) is 4.98 Å². The highest BCUT2D eigenvalue weighted by atomic mass is 16.4. The molecule has 0 radical (unpaired) electrons. The number of aromatic nitrogens is 1. The summed E-state index contributed by atoms with van der Waals surface area (Å²) in [6.45, 7) is 1.44. The van der Waals surface area contributed by atoms with Crippen molar-refractivity contribution >= 4 is 5.91 Å². The van der Waals surface area contributed by atoms with E-state index >= 15 is 0 Å². The lowest BCUT2D eigenvalue weighted by Crippen LogP contribution is -2.23. The third-order valence-corrected chi connectivity index (χ3v) is 4.19. The lowest BCUT2D eigenvalue weighted by Gasteiger charge is -2.10. The normalized spacial score (nSPS) is 10.9. The topological polar surface area (TPSA) is 58.4 Å². The van der Waals surface area contributed by atoms with Crippen molar-refractivity contribution in [3.05, 3.63) is 77.8 Å². The van der Waals surface area contributed by atoms with Gasteiger partial charge >= 0.3 is 0 Å². The molecule has 2 aromatic carbocycles. The van der Waals surface area contributed by atoms with Crippen LogP contribution in [0.3, 0.4) is 0 Å². The number of nitrogens with one attached hydrogen (secondary N) is 1. The van der Waals surface area contributed by atoms with Gasteiger partial charge in [0.25, 0.3) is 0 Å². The van der Waals surface area contributed by atoms with E-state index in [1.54, 1.807) is 6.20 Å². The molecule has 27 heavy (non-hydrogen) atoms. The van der Waals surface area contributed by atoms with Crippen LogP contribution in [-0.4, -0.2) is 29.9 Å². The molecular formula is C22H25N3O2. The second-order valence-electron chi connectivity index (χ2n) is 6.82. The zero-order valence-corrected chi connectivity index (χ0v) is 15.8. The number of nitrogens with zero attached hydrogens (tertiary/aromatic N) is 2. The number of oxazole rings is 1. The summed E-state index contributed by atoms with van der Waals surface area (Å²) in [5, 5.41) is 2.95. The van der Waals surface area contributed by atoms with E-state index in [1.807, 2.05) is 44.4 Å². The summed E-state index contributed by atoms with van der Waals surface area (Å²) in [5.41, 5.74) is 3.33. The summed E-state index contributed by atoms with van der Waals surface area (Å²) in [5.74, 6) is 1.30. The largest absolute Gasteiger partial charge is 0.441 e. The third-order valence-electron chi connectivity index (χ3n) is 4.19. The number of carbonyl (C=O) groups excluding carboxylic acids is 1. The maximum atomic E-state index is 12.1. The molecule has 0 unspecified atom stereocenters. The van der Waals surface area contributed by atoms with Gasteiger partial charge in [0.1, 0.15) is 0 Å². The van der Waals surface area contributed by atoms with E-state index in [0.29, 0.717) is 25.3 Å². The number of hydrogen-bond acceptors (Lipinski definition) is 4. The van der Waals surface area contributed by atoms with Crippen LogP contribution >= 0.6 is 0 Å². The van der Waals surface area contributed by atoms with Crippen LogP contribution in [-0.2, 0) is 24.3 Å². The van der Waals surface area contributed by atoms with Crippen molar-refractivity contribution in [2.24, 2.45) is 0 Å². The Bertz CT molecular complexity index is 855. The molecule has 1 aromatic heterocycles. The molecule has 3 rings (SSSR count). The van der Waals surface area contributed by atoms with Gasteiger partial charge in [0.05, 0.1) is 6.20 Å². The van der Waals surface area contributed by atoms with Crippen LogP contribution in [0.2, 0.25) is 0 Å². The number of benzene rings is 2. The Balaban J connectivity index is 1.44. The lowest BCUT2D eigenvalue weighted by atomic mass is 10.1. The van der Waals surface area contributed by atoms with Gasteiger partial charge in [-0.1, -0.05) is 54.6 Å². The Morgan fingerprint density at radius 2 is 1.74 bits per heavy atom. The molecule has 1 heterocycles. The number of amides is 1. The van der Waals surface area contributed by atoms with Crippen LogP contribution in [0, 0.1) is 0 Å². The standard InChI is InChI=1S/C22H25N3O2/c1-25(2)16-18-10-8-17(9-11-18)14-23-21(26)12-13-22-24-15-20(27-22)19-6-4-3-5-7-19/h3-11,15H,12-14,16H2,1-2H3,(H,23,26). The predicted octanol–water partition coefficient (Wildman–Crippen LogP) is 3.65. The Labute approximate surface area is 160 Å². The SMILES string of the molecule is CN(C)Cc1ccc(CNC(=O)CCc2ncc(-c3ccccc3)o2)cc1. The van der Waals surface area contributed by atoms with E-state index in [1.165, 1.54) is 5.56 Å². The Kier molecular flexibility index (Phi) is 6.39. The smallest absolute Gasteiger partial charge is 0.220 e. The first-order chi connectivity index (χ1) is 13.1. The minimum absolute atomic E-state index is 0.00757. The van der Waals surface area contributed by atoms with Gasteiger partial charge in [-0.3, -0.25) is 4.79 Å². The molecule has 0 aliphatic heterocycles. The van der Waals surface area contributed by atoms with Crippen LogP contribution in [0.5, 0.6) is 0 Å². The average Bonchev–Trinajstić information content (AvgIpc) is 3.15. The second kappa shape index (κ2) is 9.14. The number of rotatable bonds is 8. The Morgan fingerprint density at radius 1 is 1.04 bits per heavy atom. The maximum Gasteiger partial charge on any atom is 0.220 e. The highest BCUT2D eigenvalue weighted by Gasteiger charge is 2.09. The monoisotopic (exact) mass is 363 g/mol. The summed E-state index contributed by atoms with van der Waals surface area (Å²) in [4.78, 5) is 18.5. The van der Waals surface area contributed by atoms with Crippen molar-refractivity contribution < 1.29 is 9.21 Å². The predicted molar refractivity (Wildman–Crippen MR) is 106 cm³/mol. The van der Waals surface area contributed by atoms with Crippen LogP contribution in [0.1, 0.15) is 23.4 Å². The molecule has 0 spiro atoms. The number of carbonyl (C=O) groups is 1. The second-order valence-corrected chi connectivity index (χ2v) is 6.82. The van der Waals surface area contributed by atoms with Gasteiger partial charge in [-0.15, -0.1) is 0 Å². The fourth-order valence-corrected chi connectivity index (χ4v) is 2.80. The Morgan fingerprint density at radius 3 is 2.44 bits per heavy atom. The van der Waals surface area contributed by atoms with Crippen molar-refractivity contribution in [3.8, 4) is 11.3 Å². The van der Waals surface area contributed by atoms with Crippen LogP contribution in [0.15, 0.2) is 65.2 Å². The first kappa shape index (κ1) is 18.9. The fourth-order valence-electron chi connectivity index (χ4n) is 2.80. The molecular weight excluding hydrogens is 338 g/mol. The van der Waals surface area contributed by atoms with Crippen molar-refractivity contribution in [3.63, 3.8) is 0 Å². The molecule has 0 saturated heterocycles. The van der Waals surface area contributed by atoms with Gasteiger partial charge < -0.3 is 14.6 Å². The fraction of sp³-hybridized carbons (Fsp3) is 0.273. The van der Waals surface area contributed by atoms with Crippen molar-refractivity contribution in [2.45, 2.75) is 25.9 Å². The van der Waals surface area contributed by atoms with Crippen LogP contribution in [0.25, 0.3) is 11.3 Å². The van der Waals surface area contributed by atoms with E-state index < -0.39 is 0 Å². The van der Waals surface area contributed by atoms with Gasteiger partial charge in [0, 0.05) is 31.5 Å². The van der Waals surface area contributed by atoms with Crippen molar-refractivity contribution in [1.82, 2.24) is 15.2 Å². The summed E-state index contributed by atoms with van der Waals surface area (Å²) in [7, 11) is 4.09. The van der Waals surface area contributed by atoms with E-state index in [9.17, 15) is 4.79 Å². The van der Waals surface area contributed by atoms with Gasteiger partial charge in [-0.2, -0.15) is 0 Å². The van der Waals surface area contributed by atoms with E-state index in [2.05, 4.69) is 39.5 Å². The molecule has 0 atom stereocenters. The molecule has 5 heteroatoms. The molecule has 140 valence electrons. The minimum atomic E-state index is -0.00757. The zero-order chi connectivity index (χ0) is 19.1. The molecule has 5 nitrogen and oxygen atoms in total. The third kappa shape index (κ3) is 5.79. The first-order valence-corrected chi connectivity index (χ1v) is 9.09.